The van der Waals surface area contributed by atoms with E-state index in [9.17, 15) is 27.5 Å². The third kappa shape index (κ3) is 5.39. The van der Waals surface area contributed by atoms with Crippen molar-refractivity contribution in [2.75, 3.05) is 25.1 Å². The zero-order valence-electron chi connectivity index (χ0n) is 15.7. The summed E-state index contributed by atoms with van der Waals surface area (Å²) in [5, 5.41) is 14.3. The molecule has 0 saturated carbocycles. The topological polar surface area (TPSA) is 134 Å². The fraction of sp³-hybridized carbons (Fsp3) is 0.263. The van der Waals surface area contributed by atoms with Crippen LogP contribution in [0.25, 0.3) is 0 Å². The van der Waals surface area contributed by atoms with Gasteiger partial charge in [-0.3, -0.25) is 9.59 Å². The summed E-state index contributed by atoms with van der Waals surface area (Å²) in [6.07, 6.45) is 0. The van der Waals surface area contributed by atoms with Gasteiger partial charge in [0, 0.05) is 11.3 Å². The predicted octanol–water partition coefficient (Wildman–Crippen LogP) is 0.232. The number of rotatable bonds is 8. The number of nitrogens with one attached hydrogen (secondary N) is 3. The van der Waals surface area contributed by atoms with Gasteiger partial charge >= 0.3 is 0 Å². The Morgan fingerprint density at radius 3 is 2.27 bits per heavy atom. The molecular weight excluding hydrogens is 417 g/mol. The Balaban J connectivity index is 1.60. The summed E-state index contributed by atoms with van der Waals surface area (Å²) in [4.78, 5) is 24.5. The number of aliphatic hydroxyl groups is 1. The summed E-state index contributed by atoms with van der Waals surface area (Å²) in [6, 6.07) is 8.61. The molecule has 9 nitrogen and oxygen atoms in total. The van der Waals surface area contributed by atoms with Gasteiger partial charge in [-0.1, -0.05) is 0 Å². The first-order valence-electron chi connectivity index (χ1n) is 8.97. The number of hydrogen-bond donors (Lipinski definition) is 4. The van der Waals surface area contributed by atoms with Crippen LogP contribution in [-0.2, 0) is 19.6 Å². The molecule has 0 bridgehead atoms. The van der Waals surface area contributed by atoms with Crippen LogP contribution in [0.4, 0.5) is 10.1 Å². The molecule has 2 aromatic carbocycles. The zero-order valence-corrected chi connectivity index (χ0v) is 16.5. The van der Waals surface area contributed by atoms with Crippen molar-refractivity contribution in [2.24, 2.45) is 0 Å². The first kappa shape index (κ1) is 21.8. The SMILES string of the molecule is O=C(N[C@@H](CO)C(=O)Nc1ccc(S(=O)(=O)NC2COC2)cc1)c1ccc(F)cc1. The standard InChI is InChI=1S/C19H20FN3O6S/c20-13-3-1-12(2-4-13)18(25)22-17(9-24)19(26)21-14-5-7-16(8-6-14)30(27,28)23-15-10-29-11-15/h1-8,15,17,23-24H,9-11H2,(H,21,26)(H,22,25)/t17-/m0/s1. The average Bonchev–Trinajstić information content (AvgIpc) is 2.69. The lowest BCUT2D eigenvalue weighted by Gasteiger charge is -2.26. The second kappa shape index (κ2) is 9.30. The van der Waals surface area contributed by atoms with Gasteiger partial charge in [0.05, 0.1) is 30.8 Å². The van der Waals surface area contributed by atoms with Crippen molar-refractivity contribution < 1.29 is 32.2 Å². The van der Waals surface area contributed by atoms with E-state index in [1.807, 2.05) is 0 Å². The number of aliphatic hydroxyl groups excluding tert-OH is 1. The zero-order chi connectivity index (χ0) is 21.7. The summed E-state index contributed by atoms with van der Waals surface area (Å²) in [5.74, 6) is -1.87. The van der Waals surface area contributed by atoms with E-state index < -0.39 is 40.3 Å². The number of benzene rings is 2. The third-order valence-corrected chi connectivity index (χ3v) is 5.84. The molecule has 2 amide bonds. The minimum atomic E-state index is -3.70. The average molecular weight is 437 g/mol. The van der Waals surface area contributed by atoms with Gasteiger partial charge in [-0.2, -0.15) is 0 Å². The predicted molar refractivity (Wildman–Crippen MR) is 105 cm³/mol. The van der Waals surface area contributed by atoms with Crippen LogP contribution in [0.2, 0.25) is 0 Å². The monoisotopic (exact) mass is 437 g/mol. The Labute approximate surface area is 172 Å². The van der Waals surface area contributed by atoms with Crippen molar-refractivity contribution in [3.8, 4) is 0 Å². The first-order valence-corrected chi connectivity index (χ1v) is 10.4. The molecule has 4 N–H and O–H groups in total. The molecule has 0 aromatic heterocycles. The van der Waals surface area contributed by atoms with Crippen LogP contribution in [0.5, 0.6) is 0 Å². The number of amides is 2. The summed E-state index contributed by atoms with van der Waals surface area (Å²) in [7, 11) is -3.70. The molecule has 1 fully saturated rings. The van der Waals surface area contributed by atoms with Crippen molar-refractivity contribution in [3.63, 3.8) is 0 Å². The number of carbonyl (C=O) groups is 2. The van der Waals surface area contributed by atoms with Crippen LogP contribution in [0.3, 0.4) is 0 Å². The van der Waals surface area contributed by atoms with Gasteiger partial charge in [-0.05, 0) is 48.5 Å². The van der Waals surface area contributed by atoms with Crippen molar-refractivity contribution in [1.29, 1.82) is 0 Å². The largest absolute Gasteiger partial charge is 0.394 e. The van der Waals surface area contributed by atoms with E-state index >= 15 is 0 Å². The van der Waals surface area contributed by atoms with Gasteiger partial charge in [-0.25, -0.2) is 17.5 Å². The molecule has 1 saturated heterocycles. The lowest BCUT2D eigenvalue weighted by Crippen LogP contribution is -2.48. The maximum atomic E-state index is 13.0. The van der Waals surface area contributed by atoms with Gasteiger partial charge < -0.3 is 20.5 Å². The number of halogens is 1. The summed E-state index contributed by atoms with van der Waals surface area (Å²) >= 11 is 0. The van der Waals surface area contributed by atoms with Crippen molar-refractivity contribution in [1.82, 2.24) is 10.0 Å². The van der Waals surface area contributed by atoms with Crippen molar-refractivity contribution >= 4 is 27.5 Å². The van der Waals surface area contributed by atoms with Crippen LogP contribution in [-0.4, -0.2) is 57.2 Å². The Kier molecular flexibility index (Phi) is 6.77. The highest BCUT2D eigenvalue weighted by molar-refractivity contribution is 7.89. The van der Waals surface area contributed by atoms with E-state index in [1.165, 1.54) is 36.4 Å². The number of carbonyl (C=O) groups excluding carboxylic acids is 2. The number of hydrogen-bond acceptors (Lipinski definition) is 6. The Bertz CT molecular complexity index is 1010. The van der Waals surface area contributed by atoms with Crippen LogP contribution in [0.15, 0.2) is 53.4 Å². The Morgan fingerprint density at radius 1 is 1.10 bits per heavy atom. The van der Waals surface area contributed by atoms with Crippen LogP contribution < -0.4 is 15.4 Å². The van der Waals surface area contributed by atoms with Crippen LogP contribution >= 0.6 is 0 Å². The maximum absolute atomic E-state index is 13.0. The molecule has 1 aliphatic rings. The molecule has 0 spiro atoms. The van der Waals surface area contributed by atoms with Crippen molar-refractivity contribution in [3.05, 3.63) is 59.9 Å². The maximum Gasteiger partial charge on any atom is 0.251 e. The second-order valence-corrected chi connectivity index (χ2v) is 8.30. The molecule has 1 atom stereocenters. The quantitative estimate of drug-likeness (QED) is 0.467. The molecule has 0 radical (unpaired) electrons. The summed E-state index contributed by atoms with van der Waals surface area (Å²) in [5.41, 5.74) is 0.405. The lowest BCUT2D eigenvalue weighted by molar-refractivity contribution is -0.118. The van der Waals surface area contributed by atoms with Crippen LogP contribution in [0.1, 0.15) is 10.4 Å². The summed E-state index contributed by atoms with van der Waals surface area (Å²) < 4.78 is 44.9. The normalized spacial score (nSPS) is 15.1. The van der Waals surface area contributed by atoms with E-state index in [0.29, 0.717) is 13.2 Å². The van der Waals surface area contributed by atoms with E-state index in [1.54, 1.807) is 0 Å². The molecular formula is C19H20FN3O6S. The summed E-state index contributed by atoms with van der Waals surface area (Å²) in [6.45, 7) is -0.0300. The molecule has 1 heterocycles. The fourth-order valence-corrected chi connectivity index (χ4v) is 3.78. The van der Waals surface area contributed by atoms with Crippen molar-refractivity contribution in [2.45, 2.75) is 17.0 Å². The number of ether oxygens (including phenoxy) is 1. The van der Waals surface area contributed by atoms with Crippen LogP contribution in [0, 0.1) is 5.82 Å². The van der Waals surface area contributed by atoms with Gasteiger partial charge in [0.15, 0.2) is 0 Å². The molecule has 11 heteroatoms. The van der Waals surface area contributed by atoms with E-state index in [2.05, 4.69) is 15.4 Å². The smallest absolute Gasteiger partial charge is 0.251 e. The van der Waals surface area contributed by atoms with Gasteiger partial charge in [0.1, 0.15) is 11.9 Å². The highest BCUT2D eigenvalue weighted by Gasteiger charge is 2.26. The lowest BCUT2D eigenvalue weighted by atomic mass is 10.2. The molecule has 3 rings (SSSR count). The number of anilines is 1. The molecule has 0 aliphatic carbocycles. The molecule has 2 aromatic rings. The molecule has 30 heavy (non-hydrogen) atoms. The highest BCUT2D eigenvalue weighted by Crippen LogP contribution is 2.16. The highest BCUT2D eigenvalue weighted by atomic mass is 32.2. The fourth-order valence-electron chi connectivity index (χ4n) is 2.57. The van der Waals surface area contributed by atoms with Gasteiger partial charge in [0.2, 0.25) is 15.9 Å². The molecule has 1 aliphatic heterocycles. The molecule has 0 unspecified atom stereocenters. The van der Waals surface area contributed by atoms with E-state index in [4.69, 9.17) is 4.74 Å². The van der Waals surface area contributed by atoms with E-state index in [-0.39, 0.29) is 22.2 Å². The minimum Gasteiger partial charge on any atom is -0.394 e. The third-order valence-electron chi connectivity index (χ3n) is 4.30. The van der Waals surface area contributed by atoms with Gasteiger partial charge in [0.25, 0.3) is 5.91 Å². The minimum absolute atomic E-state index is 0.0238. The molecule has 160 valence electrons. The van der Waals surface area contributed by atoms with E-state index in [0.717, 1.165) is 12.1 Å². The second-order valence-electron chi connectivity index (χ2n) is 6.58. The Morgan fingerprint density at radius 2 is 1.73 bits per heavy atom. The first-order chi connectivity index (χ1) is 14.3. The van der Waals surface area contributed by atoms with Gasteiger partial charge in [-0.15, -0.1) is 0 Å². The number of sulfonamides is 1. The Hall–Kier alpha value is -2.86.